The third-order valence-electron chi connectivity index (χ3n) is 14.1. The van der Waals surface area contributed by atoms with E-state index in [1.165, 1.54) is 48.9 Å². The van der Waals surface area contributed by atoms with Crippen molar-refractivity contribution < 1.29 is 14.3 Å². The Hall–Kier alpha value is -1.98. The van der Waals surface area contributed by atoms with Crippen LogP contribution in [0.5, 0.6) is 0 Å². The Morgan fingerprint density at radius 3 is 2.27 bits per heavy atom. The van der Waals surface area contributed by atoms with Crippen LogP contribution >= 0.6 is 0 Å². The van der Waals surface area contributed by atoms with Crippen LogP contribution in [0.1, 0.15) is 123 Å². The van der Waals surface area contributed by atoms with Crippen LogP contribution in [0.15, 0.2) is 12.2 Å². The number of allylic oxidation sites excluding steroid dienone is 1. The smallest absolute Gasteiger partial charge is 0.302 e. The molecular weight excluding hydrogens is 498 g/mol. The lowest BCUT2D eigenvalue weighted by atomic mass is 9.32. The third kappa shape index (κ3) is 3.52. The number of carbonyl (C=O) groups is 2. The maximum Gasteiger partial charge on any atom is 0.302 e. The van der Waals surface area contributed by atoms with Gasteiger partial charge in [0.15, 0.2) is 0 Å². The van der Waals surface area contributed by atoms with Gasteiger partial charge >= 0.3 is 5.97 Å². The summed E-state index contributed by atoms with van der Waals surface area (Å²) in [6.45, 7) is 22.9. The molecule has 0 unspecified atom stereocenters. The predicted molar refractivity (Wildman–Crippen MR) is 156 cm³/mol. The van der Waals surface area contributed by atoms with Gasteiger partial charge in [-0.3, -0.25) is 9.59 Å². The molecule has 0 saturated heterocycles. The average molecular weight is 550 g/mol. The minimum atomic E-state index is -0.150. The van der Waals surface area contributed by atoms with E-state index in [4.69, 9.17) is 14.9 Å². The zero-order valence-electron chi connectivity index (χ0n) is 26.2. The molecule has 6 nitrogen and oxygen atoms in total. The molecule has 5 aliphatic rings. The average Bonchev–Trinajstić information content (AvgIpc) is 3.46. The Kier molecular flexibility index (Phi) is 6.17. The molecule has 6 rings (SSSR count). The lowest BCUT2D eigenvalue weighted by Gasteiger charge is -2.72. The first-order valence-electron chi connectivity index (χ1n) is 15.9. The van der Waals surface area contributed by atoms with E-state index >= 15 is 0 Å². The zero-order chi connectivity index (χ0) is 29.0. The van der Waals surface area contributed by atoms with E-state index in [-0.39, 0.29) is 39.0 Å². The molecule has 9 atom stereocenters. The van der Waals surface area contributed by atoms with Crippen LogP contribution in [0.25, 0.3) is 0 Å². The van der Waals surface area contributed by atoms with Gasteiger partial charge in [0.2, 0.25) is 0 Å². The molecule has 40 heavy (non-hydrogen) atoms. The summed E-state index contributed by atoms with van der Waals surface area (Å²) in [5.41, 5.74) is 3.94. The van der Waals surface area contributed by atoms with Gasteiger partial charge in [-0.05, 0) is 111 Å². The van der Waals surface area contributed by atoms with Crippen LogP contribution < -0.4 is 0 Å². The fraction of sp³-hybridized carbons (Fsp3) is 0.824. The summed E-state index contributed by atoms with van der Waals surface area (Å²) in [5, 5.41) is 9.50. The van der Waals surface area contributed by atoms with Crippen molar-refractivity contribution in [3.05, 3.63) is 23.5 Å². The molecule has 0 aliphatic heterocycles. The van der Waals surface area contributed by atoms with Gasteiger partial charge in [-0.2, -0.15) is 5.10 Å². The standard InChI is InChI=1S/C34H51N3O3/c1-20(2)23-12-15-34(19-40-22(4)39)17-16-32(8)24(28(23)34)10-11-27-31(7)18-25-29(36-37(35-25)21(3)38)30(5,6)26(31)13-14-33(27,32)9/h23-24,26-28H,1,10-19H2,2-9H3/t23-,24+,26-,27+,28+,31-,32+,33+,34+/m0/s1. The van der Waals surface area contributed by atoms with E-state index in [2.05, 4.69) is 48.1 Å². The van der Waals surface area contributed by atoms with Crippen molar-refractivity contribution in [2.45, 2.75) is 119 Å². The lowest BCUT2D eigenvalue weighted by molar-refractivity contribution is -0.229. The molecule has 6 heteroatoms. The van der Waals surface area contributed by atoms with E-state index in [9.17, 15) is 9.59 Å². The molecule has 4 saturated carbocycles. The summed E-state index contributed by atoms with van der Waals surface area (Å²) in [7, 11) is 0. The van der Waals surface area contributed by atoms with Gasteiger partial charge in [0.25, 0.3) is 5.91 Å². The first-order chi connectivity index (χ1) is 18.6. The van der Waals surface area contributed by atoms with Gasteiger partial charge < -0.3 is 4.74 Å². The molecule has 0 spiro atoms. The number of ether oxygens (including phenoxy) is 1. The summed E-state index contributed by atoms with van der Waals surface area (Å²) in [6.07, 6.45) is 10.5. The Morgan fingerprint density at radius 1 is 0.900 bits per heavy atom. The first kappa shape index (κ1) is 28.2. The van der Waals surface area contributed by atoms with Gasteiger partial charge in [-0.1, -0.05) is 46.8 Å². The second kappa shape index (κ2) is 8.77. The molecule has 1 aromatic heterocycles. The molecule has 0 N–H and O–H groups in total. The maximum absolute atomic E-state index is 12.2. The van der Waals surface area contributed by atoms with Crippen LogP contribution in [0.3, 0.4) is 0 Å². The quantitative estimate of drug-likeness (QED) is 0.295. The highest BCUT2D eigenvalue weighted by Gasteiger charge is 2.71. The Morgan fingerprint density at radius 2 is 1.62 bits per heavy atom. The SMILES string of the molecule is C=C(C)[C@@H]1CC[C@]2(COC(C)=O)CC[C@]3(C)[C@H](CC[C@@H]4[C@@]5(C)Cc6nn(C(C)=O)nc6C(C)(C)[C@@H]5CC[C@]43C)[C@@H]12. The van der Waals surface area contributed by atoms with E-state index < -0.39 is 0 Å². The first-order valence-corrected chi connectivity index (χ1v) is 15.9. The topological polar surface area (TPSA) is 74.1 Å². The number of esters is 1. The number of hydrogen-bond donors (Lipinski definition) is 0. The third-order valence-corrected chi connectivity index (χ3v) is 14.1. The molecule has 1 aromatic rings. The summed E-state index contributed by atoms with van der Waals surface area (Å²) < 4.78 is 5.81. The Balaban J connectivity index is 1.40. The number of fused-ring (bicyclic) bond motifs is 8. The van der Waals surface area contributed by atoms with Crippen molar-refractivity contribution >= 4 is 11.9 Å². The van der Waals surface area contributed by atoms with E-state index in [0.29, 0.717) is 36.2 Å². The normalized spacial score (nSPS) is 44.9. The second-order valence-corrected chi connectivity index (χ2v) is 16.0. The van der Waals surface area contributed by atoms with Gasteiger partial charge in [-0.25, -0.2) is 0 Å². The zero-order valence-corrected chi connectivity index (χ0v) is 26.2. The van der Waals surface area contributed by atoms with Crippen molar-refractivity contribution in [1.82, 2.24) is 15.0 Å². The summed E-state index contributed by atoms with van der Waals surface area (Å²) in [5.74, 6) is 2.53. The van der Waals surface area contributed by atoms with Gasteiger partial charge in [0.05, 0.1) is 18.0 Å². The minimum Gasteiger partial charge on any atom is -0.465 e. The molecule has 4 fully saturated rings. The maximum atomic E-state index is 12.2. The van der Waals surface area contributed by atoms with E-state index in [0.717, 1.165) is 30.7 Å². The van der Waals surface area contributed by atoms with Crippen molar-refractivity contribution in [2.24, 2.45) is 51.2 Å². The van der Waals surface area contributed by atoms with Crippen molar-refractivity contribution in [2.75, 3.05) is 6.61 Å². The van der Waals surface area contributed by atoms with Gasteiger partial charge in [-0.15, -0.1) is 9.90 Å². The van der Waals surface area contributed by atoms with Crippen molar-refractivity contribution in [3.8, 4) is 0 Å². The summed E-state index contributed by atoms with van der Waals surface area (Å²) in [6, 6.07) is 0. The van der Waals surface area contributed by atoms with Crippen molar-refractivity contribution in [1.29, 1.82) is 0 Å². The number of rotatable bonds is 3. The van der Waals surface area contributed by atoms with Gasteiger partial charge in [0.1, 0.15) is 0 Å². The number of nitrogens with zero attached hydrogens (tertiary/aromatic N) is 3. The molecule has 0 aromatic carbocycles. The van der Waals surface area contributed by atoms with Crippen LogP contribution in [0.2, 0.25) is 0 Å². The molecule has 5 aliphatic carbocycles. The molecular formula is C34H51N3O3. The predicted octanol–water partition coefficient (Wildman–Crippen LogP) is 7.17. The summed E-state index contributed by atoms with van der Waals surface area (Å²) >= 11 is 0. The second-order valence-electron chi connectivity index (χ2n) is 16.0. The largest absolute Gasteiger partial charge is 0.465 e. The van der Waals surface area contributed by atoms with Gasteiger partial charge in [0, 0.05) is 24.7 Å². The number of carbonyl (C=O) groups excluding carboxylic acids is 2. The van der Waals surface area contributed by atoms with Crippen LogP contribution in [0.4, 0.5) is 0 Å². The highest BCUT2D eigenvalue weighted by molar-refractivity contribution is 5.74. The number of aromatic nitrogens is 3. The fourth-order valence-electron chi connectivity index (χ4n) is 12.2. The van der Waals surface area contributed by atoms with E-state index in [1.54, 1.807) is 13.8 Å². The highest BCUT2D eigenvalue weighted by atomic mass is 16.5. The molecule has 220 valence electrons. The Labute approximate surface area is 241 Å². The monoisotopic (exact) mass is 549 g/mol. The van der Waals surface area contributed by atoms with Crippen LogP contribution in [-0.4, -0.2) is 33.5 Å². The fourth-order valence-corrected chi connectivity index (χ4v) is 12.2. The molecule has 0 radical (unpaired) electrons. The molecule has 0 bridgehead atoms. The van der Waals surface area contributed by atoms with Crippen LogP contribution in [0, 0.1) is 51.2 Å². The molecule has 1 heterocycles. The lowest BCUT2D eigenvalue weighted by Crippen LogP contribution is -2.66. The summed E-state index contributed by atoms with van der Waals surface area (Å²) in [4.78, 5) is 25.5. The minimum absolute atomic E-state index is 0.0939. The van der Waals surface area contributed by atoms with Crippen LogP contribution in [-0.2, 0) is 21.4 Å². The molecule has 0 amide bonds. The van der Waals surface area contributed by atoms with Crippen molar-refractivity contribution in [3.63, 3.8) is 0 Å². The highest BCUT2D eigenvalue weighted by Crippen LogP contribution is 2.77. The number of hydrogen-bond acceptors (Lipinski definition) is 5. The Bertz CT molecular complexity index is 1260. The van der Waals surface area contributed by atoms with E-state index in [1.807, 2.05) is 0 Å².